The zero-order chi connectivity index (χ0) is 9.26. The first-order valence-corrected chi connectivity index (χ1v) is 4.82. The highest BCUT2D eigenvalue weighted by Crippen LogP contribution is 2.06. The van der Waals surface area contributed by atoms with Gasteiger partial charge in [0.2, 0.25) is 0 Å². The molecule has 0 aliphatic rings. The Bertz CT molecular complexity index is 451. The van der Waals surface area contributed by atoms with Gasteiger partial charge in [-0.3, -0.25) is 9.20 Å². The average Bonchev–Trinajstić information content (AvgIpc) is 2.63. The molecule has 0 N–H and O–H groups in total. The number of Topliss-reactive ketones (excluding diaryl/α,β-unsaturated/α-hetero) is 1. The lowest BCUT2D eigenvalue weighted by atomic mass is 10.2. The van der Waals surface area contributed by atoms with Gasteiger partial charge in [-0.1, -0.05) is 15.9 Å². The minimum absolute atomic E-state index is 0.0468. The molecule has 2 aromatic rings. The fourth-order valence-corrected chi connectivity index (χ4v) is 1.39. The Morgan fingerprint density at radius 1 is 1.62 bits per heavy atom. The molecule has 0 amide bonds. The van der Waals surface area contributed by atoms with Crippen molar-refractivity contribution in [3.8, 4) is 0 Å². The lowest BCUT2D eigenvalue weighted by molar-refractivity contribution is 0.102. The molecule has 2 rings (SSSR count). The van der Waals surface area contributed by atoms with E-state index in [-0.39, 0.29) is 5.78 Å². The Morgan fingerprint density at radius 3 is 3.23 bits per heavy atom. The second-order valence-electron chi connectivity index (χ2n) is 2.57. The highest BCUT2D eigenvalue weighted by molar-refractivity contribution is 9.09. The summed E-state index contributed by atoms with van der Waals surface area (Å²) in [5.74, 6) is 0.0468. The summed E-state index contributed by atoms with van der Waals surface area (Å²) < 4.78 is 1.75. The van der Waals surface area contributed by atoms with Gasteiger partial charge < -0.3 is 0 Å². The summed E-state index contributed by atoms with van der Waals surface area (Å²) in [5, 5.41) is 7.89. The lowest BCUT2D eigenvalue weighted by Crippen LogP contribution is -2.00. The number of pyridine rings is 1. The normalized spacial score (nSPS) is 10.5. The van der Waals surface area contributed by atoms with Gasteiger partial charge in [0.05, 0.1) is 5.33 Å². The summed E-state index contributed by atoms with van der Waals surface area (Å²) in [6.45, 7) is 0. The average molecular weight is 240 g/mol. The molecule has 2 heterocycles. The molecule has 0 saturated carbocycles. The fourth-order valence-electron chi connectivity index (χ4n) is 1.07. The molecule has 5 heteroatoms. The SMILES string of the molecule is O=C(CBr)c1ccn2cnnc2c1. The second kappa shape index (κ2) is 3.26. The number of fused-ring (bicyclic) bond motifs is 1. The molecule has 0 fully saturated rings. The Labute approximate surface area is 82.7 Å². The third kappa shape index (κ3) is 1.47. The quantitative estimate of drug-likeness (QED) is 0.587. The van der Waals surface area contributed by atoms with Crippen molar-refractivity contribution in [3.05, 3.63) is 30.2 Å². The van der Waals surface area contributed by atoms with E-state index >= 15 is 0 Å². The van der Waals surface area contributed by atoms with Crippen LogP contribution in [0.3, 0.4) is 0 Å². The summed E-state index contributed by atoms with van der Waals surface area (Å²) in [5.41, 5.74) is 1.34. The molecule has 13 heavy (non-hydrogen) atoms. The highest BCUT2D eigenvalue weighted by atomic mass is 79.9. The van der Waals surface area contributed by atoms with Crippen molar-refractivity contribution >= 4 is 27.4 Å². The Hall–Kier alpha value is -1.23. The molecule has 0 radical (unpaired) electrons. The van der Waals surface area contributed by atoms with Gasteiger partial charge in [0.25, 0.3) is 0 Å². The van der Waals surface area contributed by atoms with E-state index in [1.54, 1.807) is 29.1 Å². The standard InChI is InChI=1S/C8H6BrN3O/c9-4-7(13)6-1-2-12-5-10-11-8(12)3-6/h1-3,5H,4H2. The predicted molar refractivity (Wildman–Crippen MR) is 51.1 cm³/mol. The summed E-state index contributed by atoms with van der Waals surface area (Å²) >= 11 is 3.11. The molecule has 2 aromatic heterocycles. The van der Waals surface area contributed by atoms with Crippen molar-refractivity contribution in [3.63, 3.8) is 0 Å². The molecule has 0 aliphatic carbocycles. The number of hydrogen-bond donors (Lipinski definition) is 0. The number of halogens is 1. The van der Waals surface area contributed by atoms with Crippen LogP contribution >= 0.6 is 15.9 Å². The monoisotopic (exact) mass is 239 g/mol. The van der Waals surface area contributed by atoms with Crippen LogP contribution in [0.15, 0.2) is 24.7 Å². The molecule has 0 bridgehead atoms. The van der Waals surface area contributed by atoms with Gasteiger partial charge in [0.1, 0.15) is 6.33 Å². The van der Waals surface area contributed by atoms with E-state index in [4.69, 9.17) is 0 Å². The third-order valence-corrected chi connectivity index (χ3v) is 2.25. The molecule has 0 atom stereocenters. The van der Waals surface area contributed by atoms with Crippen molar-refractivity contribution in [2.45, 2.75) is 0 Å². The number of carbonyl (C=O) groups excluding carboxylic acids is 1. The van der Waals surface area contributed by atoms with E-state index in [1.807, 2.05) is 0 Å². The minimum atomic E-state index is 0.0468. The van der Waals surface area contributed by atoms with Gasteiger partial charge in [-0.25, -0.2) is 0 Å². The fraction of sp³-hybridized carbons (Fsp3) is 0.125. The van der Waals surface area contributed by atoms with Crippen molar-refractivity contribution < 1.29 is 4.79 Å². The first-order valence-electron chi connectivity index (χ1n) is 3.70. The lowest BCUT2D eigenvalue weighted by Gasteiger charge is -1.96. The van der Waals surface area contributed by atoms with Crippen LogP contribution in [-0.2, 0) is 0 Å². The summed E-state index contributed by atoms with van der Waals surface area (Å²) in [6, 6.07) is 3.47. The zero-order valence-electron chi connectivity index (χ0n) is 6.64. The maximum absolute atomic E-state index is 11.3. The Kier molecular flexibility index (Phi) is 2.10. The van der Waals surface area contributed by atoms with E-state index in [0.29, 0.717) is 16.5 Å². The van der Waals surface area contributed by atoms with Crippen LogP contribution in [0.2, 0.25) is 0 Å². The molecule has 66 valence electrons. The van der Waals surface area contributed by atoms with Crippen LogP contribution in [-0.4, -0.2) is 25.7 Å². The number of aromatic nitrogens is 3. The number of carbonyl (C=O) groups is 1. The summed E-state index contributed by atoms with van der Waals surface area (Å²) in [6.07, 6.45) is 3.36. The maximum atomic E-state index is 11.3. The number of ketones is 1. The molecule has 0 saturated heterocycles. The van der Waals surface area contributed by atoms with Gasteiger partial charge in [0.15, 0.2) is 11.4 Å². The molecule has 0 aromatic carbocycles. The third-order valence-electron chi connectivity index (χ3n) is 1.74. The van der Waals surface area contributed by atoms with Crippen molar-refractivity contribution in [1.29, 1.82) is 0 Å². The molecule has 0 spiro atoms. The predicted octanol–water partition coefficient (Wildman–Crippen LogP) is 1.31. The van der Waals surface area contributed by atoms with E-state index in [9.17, 15) is 4.79 Å². The van der Waals surface area contributed by atoms with Crippen molar-refractivity contribution in [2.75, 3.05) is 5.33 Å². The van der Waals surface area contributed by atoms with Gasteiger partial charge in [-0.05, 0) is 12.1 Å². The number of hydrogen-bond acceptors (Lipinski definition) is 3. The van der Waals surface area contributed by atoms with E-state index in [0.717, 1.165) is 0 Å². The maximum Gasteiger partial charge on any atom is 0.173 e. The van der Waals surface area contributed by atoms with Crippen LogP contribution < -0.4 is 0 Å². The first-order chi connectivity index (χ1) is 6.31. The minimum Gasteiger partial charge on any atom is -0.293 e. The number of rotatable bonds is 2. The molecule has 0 aliphatic heterocycles. The first kappa shape index (κ1) is 8.37. The van der Waals surface area contributed by atoms with Gasteiger partial charge in [0, 0.05) is 11.8 Å². The van der Waals surface area contributed by atoms with E-state index in [1.165, 1.54) is 0 Å². The van der Waals surface area contributed by atoms with Crippen LogP contribution in [0.4, 0.5) is 0 Å². The van der Waals surface area contributed by atoms with Crippen LogP contribution in [0, 0.1) is 0 Å². The van der Waals surface area contributed by atoms with E-state index < -0.39 is 0 Å². The molecular formula is C8H6BrN3O. The topological polar surface area (TPSA) is 47.3 Å². The van der Waals surface area contributed by atoms with E-state index in [2.05, 4.69) is 26.1 Å². The smallest absolute Gasteiger partial charge is 0.173 e. The van der Waals surface area contributed by atoms with Crippen LogP contribution in [0.1, 0.15) is 10.4 Å². The highest BCUT2D eigenvalue weighted by Gasteiger charge is 2.04. The van der Waals surface area contributed by atoms with Crippen molar-refractivity contribution in [2.24, 2.45) is 0 Å². The Balaban J connectivity index is 2.54. The van der Waals surface area contributed by atoms with Crippen molar-refractivity contribution in [1.82, 2.24) is 14.6 Å². The number of nitrogens with zero attached hydrogens (tertiary/aromatic N) is 3. The molecule has 4 nitrogen and oxygen atoms in total. The largest absolute Gasteiger partial charge is 0.293 e. The van der Waals surface area contributed by atoms with Gasteiger partial charge in [-0.2, -0.15) is 0 Å². The summed E-state index contributed by atoms with van der Waals surface area (Å²) in [4.78, 5) is 11.3. The van der Waals surface area contributed by atoms with Crippen LogP contribution in [0.5, 0.6) is 0 Å². The Morgan fingerprint density at radius 2 is 2.46 bits per heavy atom. The summed E-state index contributed by atoms with van der Waals surface area (Å²) in [7, 11) is 0. The van der Waals surface area contributed by atoms with Crippen LogP contribution in [0.25, 0.3) is 5.65 Å². The number of alkyl halides is 1. The molecular weight excluding hydrogens is 234 g/mol. The zero-order valence-corrected chi connectivity index (χ0v) is 8.23. The van der Waals surface area contributed by atoms with Gasteiger partial charge >= 0.3 is 0 Å². The molecule has 0 unspecified atom stereocenters. The van der Waals surface area contributed by atoms with Gasteiger partial charge in [-0.15, -0.1) is 10.2 Å². The second-order valence-corrected chi connectivity index (χ2v) is 3.13.